The minimum absolute atomic E-state index is 0.0603. The molecule has 1 aliphatic heterocycles. The maximum Gasteiger partial charge on any atom is 0.324 e. The largest absolute Gasteiger partial charge is 0.324 e. The zero-order chi connectivity index (χ0) is 26.2. The number of hydrogen-bond donors (Lipinski definition) is 2. The topological polar surface area (TPSA) is 108 Å². The van der Waals surface area contributed by atoms with E-state index in [9.17, 15) is 23.2 Å². The van der Waals surface area contributed by atoms with Crippen molar-refractivity contribution >= 4 is 35.3 Å². The Morgan fingerprint density at radius 2 is 1.73 bits per heavy atom. The third-order valence-electron chi connectivity index (χ3n) is 5.59. The van der Waals surface area contributed by atoms with Crippen molar-refractivity contribution in [1.82, 2.24) is 25.7 Å². The summed E-state index contributed by atoms with van der Waals surface area (Å²) in [7, 11) is 0. The molecule has 0 saturated carbocycles. The lowest BCUT2D eigenvalue weighted by Crippen LogP contribution is -2.46. The number of benzene rings is 1. The molecule has 1 fully saturated rings. The van der Waals surface area contributed by atoms with Gasteiger partial charge in [0.25, 0.3) is 5.91 Å². The van der Waals surface area contributed by atoms with Crippen molar-refractivity contribution in [2.45, 2.75) is 13.0 Å². The number of carbonyl (C=O) groups excluding carboxylic acids is 3. The lowest BCUT2D eigenvalue weighted by Gasteiger charge is -2.33. The average Bonchev–Trinajstić information content (AvgIpc) is 2.95. The number of amides is 4. The summed E-state index contributed by atoms with van der Waals surface area (Å²) >= 11 is 1.80. The van der Waals surface area contributed by atoms with Gasteiger partial charge in [-0.15, -0.1) is 0 Å². The van der Waals surface area contributed by atoms with E-state index in [1.165, 1.54) is 12.3 Å². The van der Waals surface area contributed by atoms with E-state index in [4.69, 9.17) is 0 Å². The Balaban J connectivity index is 1.51. The smallest absolute Gasteiger partial charge is 0.323 e. The first kappa shape index (κ1) is 26.0. The zero-order valence-electron chi connectivity index (χ0n) is 19.6. The third kappa shape index (κ3) is 6.79. The van der Waals surface area contributed by atoms with Crippen molar-refractivity contribution in [1.29, 1.82) is 0 Å². The van der Waals surface area contributed by atoms with Crippen LogP contribution >= 0.6 is 11.8 Å². The number of halogens is 2. The van der Waals surface area contributed by atoms with Crippen LogP contribution in [-0.2, 0) is 11.3 Å². The predicted octanol–water partition coefficient (Wildman–Crippen LogP) is 3.35. The summed E-state index contributed by atoms with van der Waals surface area (Å²) in [5.41, 5.74) is 6.74. The van der Waals surface area contributed by atoms with Crippen LogP contribution in [0.3, 0.4) is 0 Å². The SMILES string of the molecule is O=C(NNC(=O)C(F)F)c1ccc(CN(C(=O)N2CCSCC2)c2ccc(-c3cccnc3)cc2)nc1. The lowest BCUT2D eigenvalue weighted by molar-refractivity contribution is -0.132. The predicted molar refractivity (Wildman–Crippen MR) is 136 cm³/mol. The molecule has 0 bridgehead atoms. The molecule has 1 aromatic carbocycles. The maximum atomic E-state index is 13.5. The fraction of sp³-hybridized carbons (Fsp3) is 0.240. The molecule has 0 radical (unpaired) electrons. The van der Waals surface area contributed by atoms with Gasteiger partial charge in [0.15, 0.2) is 0 Å². The van der Waals surface area contributed by atoms with Crippen LogP contribution in [0.4, 0.5) is 19.3 Å². The van der Waals surface area contributed by atoms with Crippen molar-refractivity contribution in [3.63, 3.8) is 0 Å². The van der Waals surface area contributed by atoms with E-state index in [0.29, 0.717) is 24.5 Å². The molecule has 3 aromatic rings. The highest BCUT2D eigenvalue weighted by Crippen LogP contribution is 2.25. The first-order valence-electron chi connectivity index (χ1n) is 11.4. The molecule has 0 spiro atoms. The number of pyridine rings is 2. The molecule has 0 unspecified atom stereocenters. The van der Waals surface area contributed by atoms with E-state index in [2.05, 4.69) is 9.97 Å². The number of nitrogens with one attached hydrogen (secondary N) is 2. The quantitative estimate of drug-likeness (QED) is 0.477. The molecule has 2 N–H and O–H groups in total. The number of anilines is 1. The molecule has 192 valence electrons. The fourth-order valence-corrected chi connectivity index (χ4v) is 4.52. The van der Waals surface area contributed by atoms with E-state index in [-0.39, 0.29) is 18.1 Å². The summed E-state index contributed by atoms with van der Waals surface area (Å²) in [5.74, 6) is -0.677. The molecule has 4 rings (SSSR count). The van der Waals surface area contributed by atoms with Crippen molar-refractivity contribution < 1.29 is 23.2 Å². The van der Waals surface area contributed by atoms with Gasteiger partial charge in [0.2, 0.25) is 0 Å². The molecule has 1 saturated heterocycles. The Morgan fingerprint density at radius 1 is 0.973 bits per heavy atom. The first-order chi connectivity index (χ1) is 17.9. The minimum atomic E-state index is -3.25. The molecule has 0 aliphatic carbocycles. The number of hydrazine groups is 1. The van der Waals surface area contributed by atoms with Gasteiger partial charge in [-0.05, 0) is 41.5 Å². The van der Waals surface area contributed by atoms with Crippen LogP contribution in [0.25, 0.3) is 11.1 Å². The highest BCUT2D eigenvalue weighted by atomic mass is 32.2. The molecule has 0 atom stereocenters. The molecular formula is C25H24F2N6O3S. The monoisotopic (exact) mass is 526 g/mol. The molecule has 4 amide bonds. The molecule has 9 nitrogen and oxygen atoms in total. The van der Waals surface area contributed by atoms with Gasteiger partial charge in [-0.3, -0.25) is 35.3 Å². The molecule has 2 aromatic heterocycles. The van der Waals surface area contributed by atoms with E-state index in [0.717, 1.165) is 22.6 Å². The van der Waals surface area contributed by atoms with Gasteiger partial charge < -0.3 is 4.90 Å². The summed E-state index contributed by atoms with van der Waals surface area (Å²) in [4.78, 5) is 48.4. The second-order valence-electron chi connectivity index (χ2n) is 8.04. The second kappa shape index (κ2) is 12.3. The van der Waals surface area contributed by atoms with Crippen molar-refractivity contribution in [2.24, 2.45) is 0 Å². The molecule has 3 heterocycles. The number of aromatic nitrogens is 2. The zero-order valence-corrected chi connectivity index (χ0v) is 20.5. The molecule has 12 heteroatoms. The lowest BCUT2D eigenvalue weighted by atomic mass is 10.1. The Kier molecular flexibility index (Phi) is 8.62. The summed E-state index contributed by atoms with van der Waals surface area (Å²) < 4.78 is 24.6. The number of thioether (sulfide) groups is 1. The number of alkyl halides is 2. The van der Waals surface area contributed by atoms with Crippen LogP contribution in [0.2, 0.25) is 0 Å². The van der Waals surface area contributed by atoms with Crippen molar-refractivity contribution in [3.8, 4) is 11.1 Å². The van der Waals surface area contributed by atoms with Crippen LogP contribution in [0.15, 0.2) is 67.1 Å². The highest BCUT2D eigenvalue weighted by Gasteiger charge is 2.25. The van der Waals surface area contributed by atoms with Gasteiger partial charge in [0.05, 0.1) is 17.8 Å². The first-order valence-corrected chi connectivity index (χ1v) is 12.6. The van der Waals surface area contributed by atoms with Gasteiger partial charge in [-0.25, -0.2) is 4.79 Å². The van der Waals surface area contributed by atoms with Crippen LogP contribution in [-0.4, -0.2) is 63.7 Å². The minimum Gasteiger partial charge on any atom is -0.323 e. The molecule has 37 heavy (non-hydrogen) atoms. The summed E-state index contributed by atoms with van der Waals surface area (Å²) in [5, 5.41) is 0. The standard InChI is InChI=1S/C25H24F2N6O3S/c26-22(27)24(35)31-30-23(34)19-3-6-20(29-15-19)16-33(25(36)32-10-12-37-13-11-32)21-7-4-17(5-8-21)18-2-1-9-28-14-18/h1-9,14-15,22H,10-13,16H2,(H,30,34)(H,31,35). The van der Waals surface area contributed by atoms with Crippen LogP contribution in [0.5, 0.6) is 0 Å². The summed E-state index contributed by atoms with van der Waals surface area (Å²) in [6.07, 6.45) is 1.48. The van der Waals surface area contributed by atoms with E-state index >= 15 is 0 Å². The third-order valence-corrected chi connectivity index (χ3v) is 6.53. The highest BCUT2D eigenvalue weighted by molar-refractivity contribution is 7.99. The van der Waals surface area contributed by atoms with Crippen LogP contribution in [0.1, 0.15) is 16.1 Å². The van der Waals surface area contributed by atoms with Crippen molar-refractivity contribution in [3.05, 3.63) is 78.4 Å². The van der Waals surface area contributed by atoms with Crippen LogP contribution in [0, 0.1) is 0 Å². The second-order valence-corrected chi connectivity index (χ2v) is 9.26. The number of urea groups is 1. The van der Waals surface area contributed by atoms with E-state index in [1.54, 1.807) is 45.4 Å². The summed E-state index contributed by atoms with van der Waals surface area (Å²) in [6.45, 7) is 1.44. The summed E-state index contributed by atoms with van der Waals surface area (Å²) in [6, 6.07) is 14.3. The van der Waals surface area contributed by atoms with Gasteiger partial charge in [0.1, 0.15) is 0 Å². The maximum absolute atomic E-state index is 13.5. The average molecular weight is 527 g/mol. The van der Waals surface area contributed by atoms with Gasteiger partial charge in [-0.1, -0.05) is 18.2 Å². The van der Waals surface area contributed by atoms with E-state index in [1.807, 2.05) is 41.8 Å². The fourth-order valence-electron chi connectivity index (χ4n) is 3.62. The van der Waals surface area contributed by atoms with Gasteiger partial charge in [-0.2, -0.15) is 20.5 Å². The van der Waals surface area contributed by atoms with Gasteiger partial charge in [0, 0.05) is 48.9 Å². The van der Waals surface area contributed by atoms with Crippen LogP contribution < -0.4 is 15.8 Å². The number of nitrogens with zero attached hydrogens (tertiary/aromatic N) is 4. The normalized spacial score (nSPS) is 13.2. The number of rotatable bonds is 6. The number of hydrogen-bond acceptors (Lipinski definition) is 6. The van der Waals surface area contributed by atoms with E-state index < -0.39 is 18.2 Å². The Labute approximate surface area is 216 Å². The Bertz CT molecular complexity index is 1220. The van der Waals surface area contributed by atoms with Gasteiger partial charge >= 0.3 is 18.4 Å². The molecule has 1 aliphatic rings. The Hall–Kier alpha value is -4.06. The Morgan fingerprint density at radius 3 is 2.35 bits per heavy atom. The molecular weight excluding hydrogens is 502 g/mol. The number of carbonyl (C=O) groups is 3. The van der Waals surface area contributed by atoms with Crippen molar-refractivity contribution in [2.75, 3.05) is 29.5 Å².